The van der Waals surface area contributed by atoms with Gasteiger partial charge in [0.15, 0.2) is 15.6 Å². The molecule has 1 aliphatic rings. The molecule has 1 heterocycles. The summed E-state index contributed by atoms with van der Waals surface area (Å²) in [5.41, 5.74) is 2.49. The Hall–Kier alpha value is -1.40. The number of nitrogens with one attached hydrogen (secondary N) is 1. The summed E-state index contributed by atoms with van der Waals surface area (Å²) >= 11 is 5.78. The molecule has 0 spiro atoms. The molecule has 1 N–H and O–H groups in total. The minimum Gasteiger partial charge on any atom is -0.312 e. The molecule has 7 heteroatoms. The van der Waals surface area contributed by atoms with E-state index in [1.165, 1.54) is 12.1 Å². The third-order valence-electron chi connectivity index (χ3n) is 3.91. The molecule has 24 heavy (non-hydrogen) atoms. The van der Waals surface area contributed by atoms with Gasteiger partial charge in [0, 0.05) is 17.1 Å². The van der Waals surface area contributed by atoms with Crippen LogP contribution in [0.25, 0.3) is 0 Å². The summed E-state index contributed by atoms with van der Waals surface area (Å²) in [6.07, 6.45) is 0.888. The van der Waals surface area contributed by atoms with Crippen molar-refractivity contribution < 1.29 is 13.2 Å². The van der Waals surface area contributed by atoms with E-state index in [-0.39, 0.29) is 17.3 Å². The molecule has 0 fully saturated rings. The number of sulfone groups is 1. The standard InChI is InChI=1S/C17H16ClNO3S.ClH/c18-15-4-1-13(2-5-15)17(20)11-23(21,22)16-6-3-12-7-8-19-10-14(12)9-16;/h1-6,9,19H,7-8,10-11H2;1H. The van der Waals surface area contributed by atoms with Gasteiger partial charge >= 0.3 is 0 Å². The molecule has 3 rings (SSSR count). The van der Waals surface area contributed by atoms with E-state index < -0.39 is 21.4 Å². The molecule has 0 aliphatic carbocycles. The van der Waals surface area contributed by atoms with Gasteiger partial charge < -0.3 is 5.32 Å². The van der Waals surface area contributed by atoms with Crippen LogP contribution >= 0.6 is 24.0 Å². The van der Waals surface area contributed by atoms with E-state index in [4.69, 9.17) is 11.6 Å². The van der Waals surface area contributed by atoms with Gasteiger partial charge in [0.1, 0.15) is 5.75 Å². The third-order valence-corrected chi connectivity index (χ3v) is 5.78. The average Bonchev–Trinajstić information content (AvgIpc) is 2.54. The van der Waals surface area contributed by atoms with E-state index in [2.05, 4.69) is 5.32 Å². The van der Waals surface area contributed by atoms with Crippen LogP contribution in [0.3, 0.4) is 0 Å². The van der Waals surface area contributed by atoms with Gasteiger partial charge in [-0.25, -0.2) is 8.42 Å². The van der Waals surface area contributed by atoms with Gasteiger partial charge in [0.2, 0.25) is 0 Å². The molecule has 4 nitrogen and oxygen atoms in total. The first-order valence-electron chi connectivity index (χ1n) is 7.30. The summed E-state index contributed by atoms with van der Waals surface area (Å²) in [5.74, 6) is -0.974. The summed E-state index contributed by atoms with van der Waals surface area (Å²) < 4.78 is 25.0. The van der Waals surface area contributed by atoms with Crippen LogP contribution in [-0.2, 0) is 22.8 Å². The van der Waals surface area contributed by atoms with Crippen molar-refractivity contribution in [1.82, 2.24) is 5.32 Å². The highest BCUT2D eigenvalue weighted by Crippen LogP contribution is 2.21. The van der Waals surface area contributed by atoms with Crippen LogP contribution in [0.2, 0.25) is 5.02 Å². The molecule has 2 aromatic rings. The van der Waals surface area contributed by atoms with Crippen LogP contribution in [0.4, 0.5) is 0 Å². The molecule has 0 amide bonds. The van der Waals surface area contributed by atoms with Crippen molar-refractivity contribution in [3.05, 3.63) is 64.2 Å². The number of benzene rings is 2. The molecule has 1 aliphatic heterocycles. The molecule has 128 valence electrons. The van der Waals surface area contributed by atoms with Crippen LogP contribution < -0.4 is 5.32 Å². The molecular formula is C17H17Cl2NO3S. The Morgan fingerprint density at radius 1 is 1.08 bits per heavy atom. The number of hydrogen-bond donors (Lipinski definition) is 1. The Labute approximate surface area is 152 Å². The first-order chi connectivity index (χ1) is 11.0. The smallest absolute Gasteiger partial charge is 0.185 e. The van der Waals surface area contributed by atoms with Crippen LogP contribution in [0.5, 0.6) is 0 Å². The number of rotatable bonds is 4. The van der Waals surface area contributed by atoms with Gasteiger partial charge in [-0.1, -0.05) is 17.7 Å². The van der Waals surface area contributed by atoms with E-state index in [0.717, 1.165) is 24.1 Å². The van der Waals surface area contributed by atoms with Gasteiger partial charge in [0.05, 0.1) is 4.90 Å². The highest BCUT2D eigenvalue weighted by molar-refractivity contribution is 7.92. The SMILES string of the molecule is Cl.O=C(CS(=O)(=O)c1ccc2c(c1)CNCC2)c1ccc(Cl)cc1. The molecule has 0 bridgehead atoms. The van der Waals surface area contributed by atoms with Crippen LogP contribution in [0.15, 0.2) is 47.4 Å². The van der Waals surface area contributed by atoms with Crippen LogP contribution in [0, 0.1) is 0 Å². The van der Waals surface area contributed by atoms with E-state index in [9.17, 15) is 13.2 Å². The fourth-order valence-electron chi connectivity index (χ4n) is 2.63. The second-order valence-corrected chi connectivity index (χ2v) is 7.97. The lowest BCUT2D eigenvalue weighted by Crippen LogP contribution is -2.24. The lowest BCUT2D eigenvalue weighted by Gasteiger charge is -2.17. The van der Waals surface area contributed by atoms with Gasteiger partial charge in [-0.2, -0.15) is 0 Å². The van der Waals surface area contributed by atoms with Crippen molar-refractivity contribution in [3.63, 3.8) is 0 Å². The summed E-state index contributed by atoms with van der Waals surface area (Å²) in [5, 5.41) is 3.72. The Morgan fingerprint density at radius 2 is 1.79 bits per heavy atom. The third kappa shape index (κ3) is 4.16. The van der Waals surface area contributed by atoms with Gasteiger partial charge in [-0.15, -0.1) is 12.4 Å². The van der Waals surface area contributed by atoms with Crippen LogP contribution in [-0.4, -0.2) is 26.5 Å². The van der Waals surface area contributed by atoms with Crippen molar-refractivity contribution in [2.75, 3.05) is 12.3 Å². The summed E-state index contributed by atoms with van der Waals surface area (Å²) in [6, 6.07) is 11.3. The second kappa shape index (κ2) is 7.66. The van der Waals surface area contributed by atoms with E-state index in [0.29, 0.717) is 17.1 Å². The van der Waals surface area contributed by atoms with Crippen molar-refractivity contribution in [2.24, 2.45) is 0 Å². The van der Waals surface area contributed by atoms with Crippen molar-refractivity contribution in [2.45, 2.75) is 17.9 Å². The number of carbonyl (C=O) groups is 1. The second-order valence-electron chi connectivity index (χ2n) is 5.55. The van der Waals surface area contributed by atoms with E-state index >= 15 is 0 Å². The van der Waals surface area contributed by atoms with Gasteiger partial charge in [0.25, 0.3) is 0 Å². The monoisotopic (exact) mass is 385 g/mol. The Kier molecular flexibility index (Phi) is 6.04. The molecule has 0 aromatic heterocycles. The number of halogens is 2. The quantitative estimate of drug-likeness (QED) is 0.821. The predicted molar refractivity (Wildman–Crippen MR) is 96.9 cm³/mol. The number of fused-ring (bicyclic) bond motifs is 1. The number of hydrogen-bond acceptors (Lipinski definition) is 4. The first kappa shape index (κ1) is 18.9. The van der Waals surface area contributed by atoms with Gasteiger partial charge in [-0.05, 0) is 60.5 Å². The number of Topliss-reactive ketones (excluding diaryl/α,β-unsaturated/α-hetero) is 1. The summed E-state index contributed by atoms with van der Waals surface area (Å²) in [6.45, 7) is 1.55. The Bertz CT molecular complexity index is 849. The Morgan fingerprint density at radius 3 is 2.50 bits per heavy atom. The predicted octanol–water partition coefficient (Wildman–Crippen LogP) is 3.06. The zero-order valence-corrected chi connectivity index (χ0v) is 15.2. The maximum atomic E-state index is 12.5. The van der Waals surface area contributed by atoms with Crippen molar-refractivity contribution in [3.8, 4) is 0 Å². The fourth-order valence-corrected chi connectivity index (χ4v) is 4.03. The van der Waals surface area contributed by atoms with Crippen LogP contribution in [0.1, 0.15) is 21.5 Å². The average molecular weight is 386 g/mol. The minimum absolute atomic E-state index is 0. The lowest BCUT2D eigenvalue weighted by molar-refractivity contribution is 0.102. The number of carbonyl (C=O) groups excluding carboxylic acids is 1. The molecule has 0 saturated heterocycles. The largest absolute Gasteiger partial charge is 0.312 e. The van der Waals surface area contributed by atoms with Gasteiger partial charge in [-0.3, -0.25) is 4.79 Å². The number of ketones is 1. The minimum atomic E-state index is -3.66. The first-order valence-corrected chi connectivity index (χ1v) is 9.33. The van der Waals surface area contributed by atoms with Crippen molar-refractivity contribution >= 4 is 39.6 Å². The summed E-state index contributed by atoms with van der Waals surface area (Å²) in [4.78, 5) is 12.4. The van der Waals surface area contributed by atoms with Crippen molar-refractivity contribution in [1.29, 1.82) is 0 Å². The molecule has 0 unspecified atom stereocenters. The molecule has 2 aromatic carbocycles. The molecule has 0 saturated carbocycles. The zero-order valence-electron chi connectivity index (χ0n) is 12.8. The molecule has 0 radical (unpaired) electrons. The zero-order chi connectivity index (χ0) is 16.4. The fraction of sp³-hybridized carbons (Fsp3) is 0.235. The highest BCUT2D eigenvalue weighted by atomic mass is 35.5. The highest BCUT2D eigenvalue weighted by Gasteiger charge is 2.22. The van der Waals surface area contributed by atoms with E-state index in [1.807, 2.05) is 6.07 Å². The Balaban J connectivity index is 0.00000208. The van der Waals surface area contributed by atoms with E-state index in [1.54, 1.807) is 24.3 Å². The maximum absolute atomic E-state index is 12.5. The topological polar surface area (TPSA) is 63.2 Å². The molecular weight excluding hydrogens is 369 g/mol. The summed E-state index contributed by atoms with van der Waals surface area (Å²) in [7, 11) is -3.66. The maximum Gasteiger partial charge on any atom is 0.185 e. The normalized spacial score (nSPS) is 13.7. The lowest BCUT2D eigenvalue weighted by atomic mass is 10.0. The molecule has 0 atom stereocenters.